The fraction of sp³-hybridized carbons (Fsp3) is 0.0909. The highest BCUT2D eigenvalue weighted by molar-refractivity contribution is 6.31. The van der Waals surface area contributed by atoms with Gasteiger partial charge in [-0.3, -0.25) is 4.79 Å². The number of aromatic amines is 1. The van der Waals surface area contributed by atoms with Gasteiger partial charge in [-0.15, -0.1) is 0 Å². The summed E-state index contributed by atoms with van der Waals surface area (Å²) in [6.07, 6.45) is 0.114. The maximum atomic E-state index is 11.4. The first-order valence-corrected chi connectivity index (χ1v) is 5.08. The fourth-order valence-electron chi connectivity index (χ4n) is 1.92. The molecule has 1 N–H and O–H groups in total. The summed E-state index contributed by atoms with van der Waals surface area (Å²) in [4.78, 5) is 25.5. The second-order valence-electron chi connectivity index (χ2n) is 3.61. The van der Waals surface area contributed by atoms with E-state index in [2.05, 4.69) is 9.72 Å². The van der Waals surface area contributed by atoms with E-state index in [-0.39, 0.29) is 6.42 Å². The molecule has 0 aliphatic carbocycles. The predicted octanol–water partition coefficient (Wildman–Crippen LogP) is 2.06. The molecule has 0 radical (unpaired) electrons. The van der Waals surface area contributed by atoms with Gasteiger partial charge in [0.2, 0.25) is 0 Å². The Hall–Kier alpha value is -1.81. The van der Waals surface area contributed by atoms with Crippen molar-refractivity contribution in [3.8, 4) is 0 Å². The second-order valence-corrected chi connectivity index (χ2v) is 4.04. The van der Waals surface area contributed by atoms with Crippen molar-refractivity contribution in [3.63, 3.8) is 0 Å². The van der Waals surface area contributed by atoms with Crippen molar-refractivity contribution < 1.29 is 14.3 Å². The predicted molar refractivity (Wildman–Crippen MR) is 57.4 cm³/mol. The number of nitrogens with one attached hydrogen (secondary N) is 1. The van der Waals surface area contributed by atoms with Crippen LogP contribution in [0.4, 0.5) is 0 Å². The number of hydrogen-bond donors (Lipinski definition) is 1. The zero-order valence-electron chi connectivity index (χ0n) is 8.04. The lowest BCUT2D eigenvalue weighted by Crippen LogP contribution is -2.22. The average molecular weight is 236 g/mol. The Balaban J connectivity index is 2.34. The molecule has 1 aromatic carbocycles. The summed E-state index contributed by atoms with van der Waals surface area (Å²) < 4.78 is 4.53. The van der Waals surface area contributed by atoms with Crippen LogP contribution in [0, 0.1) is 0 Å². The third kappa shape index (κ3) is 1.23. The molecule has 0 unspecified atom stereocenters. The molecular formula is C11H6ClNO3. The number of halogens is 1. The molecule has 16 heavy (non-hydrogen) atoms. The smallest absolute Gasteiger partial charge is 0.362 e. The molecule has 4 nitrogen and oxygen atoms in total. The molecule has 1 aliphatic heterocycles. The average Bonchev–Trinajstić information content (AvgIpc) is 2.56. The van der Waals surface area contributed by atoms with E-state index in [1.165, 1.54) is 0 Å². The van der Waals surface area contributed by atoms with Crippen LogP contribution in [0.15, 0.2) is 18.2 Å². The monoisotopic (exact) mass is 235 g/mol. The number of cyclic esters (lactones) is 2. The van der Waals surface area contributed by atoms with E-state index < -0.39 is 11.9 Å². The second kappa shape index (κ2) is 3.09. The summed E-state index contributed by atoms with van der Waals surface area (Å²) in [6.45, 7) is 0. The van der Waals surface area contributed by atoms with Crippen molar-refractivity contribution in [2.24, 2.45) is 0 Å². The summed E-state index contributed by atoms with van der Waals surface area (Å²) in [5, 5.41) is 1.41. The molecule has 0 fully saturated rings. The minimum atomic E-state index is -0.626. The first kappa shape index (κ1) is 9.42. The summed E-state index contributed by atoms with van der Waals surface area (Å²) in [5.74, 6) is -1.15. The van der Waals surface area contributed by atoms with Gasteiger partial charge < -0.3 is 9.72 Å². The van der Waals surface area contributed by atoms with E-state index in [0.29, 0.717) is 16.3 Å². The van der Waals surface area contributed by atoms with Crippen molar-refractivity contribution in [2.75, 3.05) is 0 Å². The van der Waals surface area contributed by atoms with Crippen LogP contribution < -0.4 is 0 Å². The van der Waals surface area contributed by atoms with Gasteiger partial charge in [-0.1, -0.05) is 17.7 Å². The number of ether oxygens (including phenoxy) is 1. The number of carbonyl (C=O) groups is 2. The molecule has 0 saturated heterocycles. The molecule has 0 atom stereocenters. The van der Waals surface area contributed by atoms with E-state index in [9.17, 15) is 9.59 Å². The van der Waals surface area contributed by atoms with Gasteiger partial charge in [0, 0.05) is 21.5 Å². The lowest BCUT2D eigenvalue weighted by Gasteiger charge is -2.09. The summed E-state index contributed by atoms with van der Waals surface area (Å²) in [5.41, 5.74) is 1.77. The van der Waals surface area contributed by atoms with Gasteiger partial charge in [0.1, 0.15) is 5.69 Å². The van der Waals surface area contributed by atoms with Crippen LogP contribution in [-0.4, -0.2) is 16.9 Å². The Morgan fingerprint density at radius 3 is 2.94 bits per heavy atom. The Morgan fingerprint density at radius 2 is 2.12 bits per heavy atom. The molecule has 0 spiro atoms. The first-order chi connectivity index (χ1) is 7.65. The lowest BCUT2D eigenvalue weighted by atomic mass is 10.1. The van der Waals surface area contributed by atoms with Crippen LogP contribution >= 0.6 is 11.6 Å². The quantitative estimate of drug-likeness (QED) is 0.562. The highest BCUT2D eigenvalue weighted by Crippen LogP contribution is 2.28. The van der Waals surface area contributed by atoms with Crippen LogP contribution in [0.3, 0.4) is 0 Å². The SMILES string of the molecule is O=C1Cc2c([nH]c3cc(Cl)ccc23)C(=O)O1. The molecule has 0 saturated carbocycles. The van der Waals surface area contributed by atoms with Gasteiger partial charge in [-0.2, -0.15) is 0 Å². The van der Waals surface area contributed by atoms with Crippen molar-refractivity contribution in [3.05, 3.63) is 34.5 Å². The number of esters is 2. The maximum Gasteiger partial charge on any atom is 0.362 e. The third-order valence-electron chi connectivity index (χ3n) is 2.60. The zero-order valence-corrected chi connectivity index (χ0v) is 8.80. The van der Waals surface area contributed by atoms with Gasteiger partial charge in [-0.05, 0) is 12.1 Å². The highest BCUT2D eigenvalue weighted by atomic mass is 35.5. The van der Waals surface area contributed by atoms with Crippen molar-refractivity contribution in [2.45, 2.75) is 6.42 Å². The molecule has 2 aromatic rings. The molecule has 0 bridgehead atoms. The van der Waals surface area contributed by atoms with E-state index in [4.69, 9.17) is 11.6 Å². The lowest BCUT2D eigenvalue weighted by molar-refractivity contribution is -0.137. The number of hydrogen-bond acceptors (Lipinski definition) is 3. The largest absolute Gasteiger partial charge is 0.388 e. The van der Waals surface area contributed by atoms with Crippen molar-refractivity contribution in [1.29, 1.82) is 0 Å². The highest BCUT2D eigenvalue weighted by Gasteiger charge is 2.28. The van der Waals surface area contributed by atoms with Gasteiger partial charge in [-0.25, -0.2) is 4.79 Å². The van der Waals surface area contributed by atoms with Gasteiger partial charge in [0.25, 0.3) is 0 Å². The molecular weight excluding hydrogens is 230 g/mol. The third-order valence-corrected chi connectivity index (χ3v) is 2.84. The van der Waals surface area contributed by atoms with Crippen LogP contribution in [-0.2, 0) is 16.0 Å². The fourth-order valence-corrected chi connectivity index (χ4v) is 2.09. The van der Waals surface area contributed by atoms with E-state index in [0.717, 1.165) is 10.9 Å². The molecule has 0 amide bonds. The number of H-pyrrole nitrogens is 1. The van der Waals surface area contributed by atoms with Gasteiger partial charge in [0.05, 0.1) is 6.42 Å². The van der Waals surface area contributed by atoms with Gasteiger partial charge >= 0.3 is 11.9 Å². The molecule has 1 aliphatic rings. The van der Waals surface area contributed by atoms with E-state index in [1.807, 2.05) is 0 Å². The van der Waals surface area contributed by atoms with Crippen LogP contribution in [0.2, 0.25) is 5.02 Å². The van der Waals surface area contributed by atoms with E-state index >= 15 is 0 Å². The Labute approximate surface area is 95.2 Å². The zero-order chi connectivity index (χ0) is 11.3. The Bertz CT molecular complexity index is 629. The number of carbonyl (C=O) groups excluding carboxylic acids is 2. The Kier molecular flexibility index (Phi) is 1.82. The summed E-state index contributed by atoms with van der Waals surface area (Å²) in [6, 6.07) is 5.23. The van der Waals surface area contributed by atoms with Crippen LogP contribution in [0.1, 0.15) is 16.1 Å². The van der Waals surface area contributed by atoms with E-state index in [1.54, 1.807) is 18.2 Å². The summed E-state index contributed by atoms with van der Waals surface area (Å²) in [7, 11) is 0. The van der Waals surface area contributed by atoms with Gasteiger partial charge in [0.15, 0.2) is 0 Å². The number of aromatic nitrogens is 1. The molecule has 2 heterocycles. The Morgan fingerprint density at radius 1 is 1.31 bits per heavy atom. The minimum absolute atomic E-state index is 0.114. The van der Waals surface area contributed by atoms with Crippen LogP contribution in [0.25, 0.3) is 10.9 Å². The van der Waals surface area contributed by atoms with Crippen LogP contribution in [0.5, 0.6) is 0 Å². The number of rotatable bonds is 0. The minimum Gasteiger partial charge on any atom is -0.388 e. The maximum absolute atomic E-state index is 11.4. The first-order valence-electron chi connectivity index (χ1n) is 4.70. The topological polar surface area (TPSA) is 59.2 Å². The summed E-state index contributed by atoms with van der Waals surface area (Å²) >= 11 is 5.84. The standard InChI is InChI=1S/C11H6ClNO3/c12-5-1-2-6-7-4-9(14)16-11(15)10(7)13-8(6)3-5/h1-3,13H,4H2. The molecule has 5 heteroatoms. The van der Waals surface area contributed by atoms with Crippen molar-refractivity contribution in [1.82, 2.24) is 4.98 Å². The molecule has 1 aromatic heterocycles. The van der Waals surface area contributed by atoms with Crippen molar-refractivity contribution >= 4 is 34.4 Å². The normalized spacial score (nSPS) is 15.1. The number of benzene rings is 1. The number of fused-ring (bicyclic) bond motifs is 3. The molecule has 80 valence electrons. The molecule has 3 rings (SSSR count).